The van der Waals surface area contributed by atoms with Crippen molar-refractivity contribution in [3.8, 4) is 0 Å². The van der Waals surface area contributed by atoms with Crippen LogP contribution in [0.2, 0.25) is 0 Å². The van der Waals surface area contributed by atoms with E-state index in [2.05, 4.69) is 38.6 Å². The molecule has 28 heavy (non-hydrogen) atoms. The van der Waals surface area contributed by atoms with Crippen LogP contribution in [0.4, 0.5) is 11.8 Å². The molecule has 148 valence electrons. The monoisotopic (exact) mass is 380 g/mol. The Bertz CT molecular complexity index is 855. The molecule has 0 saturated heterocycles. The number of carbonyl (C=O) groups excluding carboxylic acids is 1. The molecule has 4 N–H and O–H groups in total. The van der Waals surface area contributed by atoms with Crippen LogP contribution < -0.4 is 16.4 Å². The van der Waals surface area contributed by atoms with Crippen LogP contribution in [-0.4, -0.2) is 32.9 Å². The Kier molecular flexibility index (Phi) is 5.41. The molecule has 0 aromatic carbocycles. The van der Waals surface area contributed by atoms with Crippen LogP contribution >= 0.6 is 0 Å². The first-order valence-corrected chi connectivity index (χ1v) is 10.2. The van der Waals surface area contributed by atoms with Gasteiger partial charge >= 0.3 is 0 Å². The van der Waals surface area contributed by atoms with Gasteiger partial charge in [-0.25, -0.2) is 4.98 Å². The van der Waals surface area contributed by atoms with Crippen molar-refractivity contribution in [3.63, 3.8) is 0 Å². The van der Waals surface area contributed by atoms with Gasteiger partial charge < -0.3 is 16.4 Å². The first kappa shape index (κ1) is 18.7. The molecular formula is C21H28N6O. The zero-order valence-electron chi connectivity index (χ0n) is 16.3. The number of hydrogen-bond acceptors (Lipinski definition) is 6. The maximum absolute atomic E-state index is 11.8. The Balaban J connectivity index is 1.49. The molecule has 2 aliphatic carbocycles. The van der Waals surface area contributed by atoms with E-state index in [4.69, 9.17) is 5.73 Å². The third-order valence-electron chi connectivity index (χ3n) is 5.85. The van der Waals surface area contributed by atoms with Crippen molar-refractivity contribution < 1.29 is 4.79 Å². The Labute approximate surface area is 165 Å². The largest absolute Gasteiger partial charge is 0.366 e. The molecule has 0 aliphatic heterocycles. The summed E-state index contributed by atoms with van der Waals surface area (Å²) in [5.41, 5.74) is 8.35. The summed E-state index contributed by atoms with van der Waals surface area (Å²) in [6.07, 6.45) is 10.8. The SMILES string of the molecule is C[C@H]1CCC[C@@H](Nc2nc(N[C@H]3CCc4ncccc4C3)ncc2C(N)=O)C1. The van der Waals surface area contributed by atoms with E-state index in [-0.39, 0.29) is 6.04 Å². The lowest BCUT2D eigenvalue weighted by Crippen LogP contribution is -2.30. The molecule has 1 saturated carbocycles. The lowest BCUT2D eigenvalue weighted by atomic mass is 9.87. The molecule has 0 radical (unpaired) electrons. The third kappa shape index (κ3) is 4.24. The lowest BCUT2D eigenvalue weighted by Gasteiger charge is -2.29. The summed E-state index contributed by atoms with van der Waals surface area (Å²) in [5.74, 6) is 1.25. The van der Waals surface area contributed by atoms with Crippen molar-refractivity contribution in [1.29, 1.82) is 0 Å². The maximum atomic E-state index is 11.8. The van der Waals surface area contributed by atoms with E-state index in [1.54, 1.807) is 0 Å². The van der Waals surface area contributed by atoms with Crippen LogP contribution in [0.5, 0.6) is 0 Å². The predicted octanol–water partition coefficient (Wildman–Crippen LogP) is 2.93. The van der Waals surface area contributed by atoms with Gasteiger partial charge in [0.05, 0.1) is 5.56 Å². The Hall–Kier alpha value is -2.70. The summed E-state index contributed by atoms with van der Waals surface area (Å²) in [5, 5.41) is 6.88. The fourth-order valence-electron chi connectivity index (χ4n) is 4.37. The molecule has 7 heteroatoms. The Morgan fingerprint density at radius 1 is 1.18 bits per heavy atom. The van der Waals surface area contributed by atoms with Gasteiger partial charge in [0.15, 0.2) is 0 Å². The van der Waals surface area contributed by atoms with Gasteiger partial charge in [0.1, 0.15) is 5.82 Å². The minimum atomic E-state index is -0.504. The molecule has 0 spiro atoms. The Morgan fingerprint density at radius 3 is 2.89 bits per heavy atom. The summed E-state index contributed by atoms with van der Waals surface area (Å²) in [6, 6.07) is 4.67. The molecule has 3 atom stereocenters. The second kappa shape index (κ2) is 8.12. The number of hydrogen-bond donors (Lipinski definition) is 3. The second-order valence-corrected chi connectivity index (χ2v) is 8.13. The van der Waals surface area contributed by atoms with Crippen LogP contribution in [0.15, 0.2) is 24.5 Å². The normalized spacial score (nSPS) is 24.2. The van der Waals surface area contributed by atoms with Gasteiger partial charge in [0, 0.05) is 30.2 Å². The van der Waals surface area contributed by atoms with E-state index in [0.717, 1.165) is 32.1 Å². The highest BCUT2D eigenvalue weighted by molar-refractivity contribution is 5.97. The summed E-state index contributed by atoms with van der Waals surface area (Å²) in [7, 11) is 0. The van der Waals surface area contributed by atoms with Crippen molar-refractivity contribution in [1.82, 2.24) is 15.0 Å². The molecule has 0 unspecified atom stereocenters. The lowest BCUT2D eigenvalue weighted by molar-refractivity contribution is 0.100. The molecule has 2 aromatic heterocycles. The molecule has 4 rings (SSSR count). The van der Waals surface area contributed by atoms with Gasteiger partial charge in [0.2, 0.25) is 5.95 Å². The smallest absolute Gasteiger partial charge is 0.254 e. The molecule has 2 heterocycles. The first-order chi connectivity index (χ1) is 13.6. The summed E-state index contributed by atoms with van der Waals surface area (Å²) in [4.78, 5) is 25.3. The van der Waals surface area contributed by atoms with Crippen molar-refractivity contribution in [3.05, 3.63) is 41.3 Å². The van der Waals surface area contributed by atoms with E-state index in [1.165, 1.54) is 30.3 Å². The van der Waals surface area contributed by atoms with E-state index >= 15 is 0 Å². The fraction of sp³-hybridized carbons (Fsp3) is 0.524. The number of aryl methyl sites for hydroxylation is 1. The minimum Gasteiger partial charge on any atom is -0.366 e. The van der Waals surface area contributed by atoms with Crippen molar-refractivity contribution in [2.24, 2.45) is 11.7 Å². The van der Waals surface area contributed by atoms with Crippen LogP contribution in [0.3, 0.4) is 0 Å². The summed E-state index contributed by atoms with van der Waals surface area (Å²) >= 11 is 0. The number of nitrogens with zero attached hydrogens (tertiary/aromatic N) is 3. The molecule has 1 amide bonds. The summed E-state index contributed by atoms with van der Waals surface area (Å²) < 4.78 is 0. The molecule has 1 fully saturated rings. The van der Waals surface area contributed by atoms with Gasteiger partial charge in [-0.3, -0.25) is 9.78 Å². The van der Waals surface area contributed by atoms with Gasteiger partial charge in [0.25, 0.3) is 5.91 Å². The van der Waals surface area contributed by atoms with Crippen molar-refractivity contribution in [2.45, 2.75) is 64.0 Å². The highest BCUT2D eigenvalue weighted by Gasteiger charge is 2.23. The number of pyridine rings is 1. The number of anilines is 2. The van der Waals surface area contributed by atoms with Crippen LogP contribution in [0.25, 0.3) is 0 Å². The molecule has 2 aliphatic rings. The number of primary amides is 1. The number of fused-ring (bicyclic) bond motifs is 1. The zero-order chi connectivity index (χ0) is 19.5. The maximum Gasteiger partial charge on any atom is 0.254 e. The molecule has 0 bridgehead atoms. The van der Waals surface area contributed by atoms with Gasteiger partial charge in [-0.05, 0) is 49.7 Å². The second-order valence-electron chi connectivity index (χ2n) is 8.13. The number of carbonyl (C=O) groups is 1. The standard InChI is InChI=1S/C21H28N6O/c1-13-4-2-6-15(10-13)25-20-17(19(22)28)12-24-21(27-20)26-16-7-8-18-14(11-16)5-3-9-23-18/h3,5,9,12-13,15-16H,2,4,6-8,10-11H2,1H3,(H2,22,28)(H2,24,25,26,27)/t13-,15+,16-/m0/s1. The van der Waals surface area contributed by atoms with Crippen molar-refractivity contribution in [2.75, 3.05) is 10.6 Å². The molecular weight excluding hydrogens is 352 g/mol. The van der Waals surface area contributed by atoms with E-state index < -0.39 is 5.91 Å². The highest BCUT2D eigenvalue weighted by atomic mass is 16.1. The van der Waals surface area contributed by atoms with Gasteiger partial charge in [-0.15, -0.1) is 0 Å². The van der Waals surface area contributed by atoms with Gasteiger partial charge in [-0.1, -0.05) is 25.8 Å². The molecule has 7 nitrogen and oxygen atoms in total. The quantitative estimate of drug-likeness (QED) is 0.736. The number of nitrogens with one attached hydrogen (secondary N) is 2. The highest BCUT2D eigenvalue weighted by Crippen LogP contribution is 2.27. The van der Waals surface area contributed by atoms with E-state index in [9.17, 15) is 4.79 Å². The number of amides is 1. The molecule has 2 aromatic rings. The summed E-state index contributed by atoms with van der Waals surface area (Å²) in [6.45, 7) is 2.27. The number of rotatable bonds is 5. The first-order valence-electron chi connectivity index (χ1n) is 10.2. The predicted molar refractivity (Wildman–Crippen MR) is 109 cm³/mol. The van der Waals surface area contributed by atoms with Crippen LogP contribution in [0.1, 0.15) is 60.6 Å². The third-order valence-corrected chi connectivity index (χ3v) is 5.85. The van der Waals surface area contributed by atoms with Gasteiger partial charge in [-0.2, -0.15) is 4.98 Å². The van der Waals surface area contributed by atoms with Crippen LogP contribution in [-0.2, 0) is 12.8 Å². The Morgan fingerprint density at radius 2 is 2.07 bits per heavy atom. The van der Waals surface area contributed by atoms with E-state index in [0.29, 0.717) is 29.3 Å². The van der Waals surface area contributed by atoms with E-state index in [1.807, 2.05) is 12.3 Å². The fourth-order valence-corrected chi connectivity index (χ4v) is 4.37. The van der Waals surface area contributed by atoms with Crippen LogP contribution in [0, 0.1) is 5.92 Å². The minimum absolute atomic E-state index is 0.249. The topological polar surface area (TPSA) is 106 Å². The zero-order valence-corrected chi connectivity index (χ0v) is 16.3. The average molecular weight is 380 g/mol. The number of nitrogens with two attached hydrogens (primary N) is 1. The average Bonchev–Trinajstić information content (AvgIpc) is 2.68. The number of aromatic nitrogens is 3. The van der Waals surface area contributed by atoms with Crippen molar-refractivity contribution >= 4 is 17.7 Å².